The van der Waals surface area contributed by atoms with Crippen LogP contribution in [-0.4, -0.2) is 22.3 Å². The average Bonchev–Trinajstić information content (AvgIpc) is 3.43. The Balaban J connectivity index is 1.46. The van der Waals surface area contributed by atoms with Gasteiger partial charge in [-0.25, -0.2) is 0 Å². The molecule has 0 saturated heterocycles. The van der Waals surface area contributed by atoms with Crippen molar-refractivity contribution in [3.63, 3.8) is 0 Å². The summed E-state index contributed by atoms with van der Waals surface area (Å²) < 4.78 is 0. The Labute approximate surface area is 200 Å². The Hall–Kier alpha value is -0.830. The van der Waals surface area contributed by atoms with E-state index in [9.17, 15) is 15.0 Å². The maximum atomic E-state index is 12.6. The Morgan fingerprint density at radius 3 is 2.36 bits per heavy atom. The van der Waals surface area contributed by atoms with Crippen LogP contribution in [0.3, 0.4) is 0 Å². The van der Waals surface area contributed by atoms with Crippen molar-refractivity contribution >= 4 is 5.97 Å². The SMILES string of the molecule is CC1(C)CC[C@H]2[C@@H](C(=O)O)C=C3[C@]4(C[C@H]4C[C@@H]4[C@@]5(C)CC[C@H](O)C(C)(C)[C@@H]5CC[C@@]34C)[C@@H]2C1. The normalized spacial score (nSPS) is 55.6. The maximum Gasteiger partial charge on any atom is 0.310 e. The number of carboxylic acid groups (broad SMARTS) is 1. The van der Waals surface area contributed by atoms with E-state index in [0.717, 1.165) is 25.2 Å². The minimum absolute atomic E-state index is 0.0323. The van der Waals surface area contributed by atoms with Crippen LogP contribution in [0.4, 0.5) is 0 Å². The maximum absolute atomic E-state index is 12.6. The molecule has 3 heteroatoms. The van der Waals surface area contributed by atoms with E-state index in [1.54, 1.807) is 5.57 Å². The van der Waals surface area contributed by atoms with Gasteiger partial charge in [-0.1, -0.05) is 53.2 Å². The minimum atomic E-state index is -0.586. The number of hydrogen-bond acceptors (Lipinski definition) is 2. The summed E-state index contributed by atoms with van der Waals surface area (Å²) in [6.07, 6.45) is 12.6. The summed E-state index contributed by atoms with van der Waals surface area (Å²) in [7, 11) is 0. The fourth-order valence-electron chi connectivity index (χ4n) is 11.3. The van der Waals surface area contributed by atoms with Gasteiger partial charge in [0.1, 0.15) is 0 Å². The number of carboxylic acids is 1. The number of allylic oxidation sites excluding steroid dienone is 1. The molecule has 5 fully saturated rings. The van der Waals surface area contributed by atoms with Crippen molar-refractivity contribution in [3.05, 3.63) is 11.6 Å². The quantitative estimate of drug-likeness (QED) is 0.433. The van der Waals surface area contributed by atoms with Crippen molar-refractivity contribution in [1.29, 1.82) is 0 Å². The van der Waals surface area contributed by atoms with Crippen molar-refractivity contribution in [2.75, 3.05) is 0 Å². The first-order valence-electron chi connectivity index (χ1n) is 13.9. The molecule has 184 valence electrons. The lowest BCUT2D eigenvalue weighted by Gasteiger charge is -2.67. The largest absolute Gasteiger partial charge is 0.481 e. The molecule has 0 bridgehead atoms. The van der Waals surface area contributed by atoms with E-state index in [1.165, 1.54) is 38.5 Å². The van der Waals surface area contributed by atoms with Gasteiger partial charge in [-0.15, -0.1) is 0 Å². The minimum Gasteiger partial charge on any atom is -0.481 e. The van der Waals surface area contributed by atoms with Gasteiger partial charge in [0, 0.05) is 0 Å². The Morgan fingerprint density at radius 1 is 0.939 bits per heavy atom. The van der Waals surface area contributed by atoms with Crippen LogP contribution in [0.15, 0.2) is 11.6 Å². The third-order valence-corrected chi connectivity index (χ3v) is 13.0. The van der Waals surface area contributed by atoms with Crippen LogP contribution in [0.1, 0.15) is 99.3 Å². The number of carbonyl (C=O) groups is 1. The van der Waals surface area contributed by atoms with Gasteiger partial charge >= 0.3 is 5.97 Å². The third kappa shape index (κ3) is 2.70. The van der Waals surface area contributed by atoms with Crippen LogP contribution in [-0.2, 0) is 4.79 Å². The highest BCUT2D eigenvalue weighted by atomic mass is 16.4. The van der Waals surface area contributed by atoms with Gasteiger partial charge in [-0.05, 0) is 114 Å². The summed E-state index contributed by atoms with van der Waals surface area (Å²) in [6, 6.07) is 0. The summed E-state index contributed by atoms with van der Waals surface area (Å²) in [6.45, 7) is 14.5. The molecule has 0 amide bonds. The van der Waals surface area contributed by atoms with Crippen molar-refractivity contribution < 1.29 is 15.0 Å². The zero-order chi connectivity index (χ0) is 23.8. The van der Waals surface area contributed by atoms with Crippen LogP contribution in [0.5, 0.6) is 0 Å². The Bertz CT molecular complexity index is 916. The molecular formula is C30H46O3. The molecule has 0 heterocycles. The molecule has 0 aromatic carbocycles. The third-order valence-electron chi connectivity index (χ3n) is 13.0. The first kappa shape index (κ1) is 22.6. The zero-order valence-corrected chi connectivity index (χ0v) is 21.8. The number of aliphatic carboxylic acids is 1. The number of aliphatic hydroxyl groups excluding tert-OH is 1. The number of rotatable bonds is 1. The topological polar surface area (TPSA) is 57.5 Å². The molecule has 0 aliphatic heterocycles. The molecule has 5 saturated carbocycles. The van der Waals surface area contributed by atoms with Crippen molar-refractivity contribution in [2.45, 2.75) is 105 Å². The number of fused-ring (bicyclic) bond motifs is 5. The van der Waals surface area contributed by atoms with Gasteiger partial charge in [-0.2, -0.15) is 0 Å². The lowest BCUT2D eigenvalue weighted by atomic mass is 9.37. The van der Waals surface area contributed by atoms with Crippen molar-refractivity contribution in [3.8, 4) is 0 Å². The summed E-state index contributed by atoms with van der Waals surface area (Å²) in [5, 5.41) is 21.2. The summed E-state index contributed by atoms with van der Waals surface area (Å²) in [5.74, 6) is 1.93. The van der Waals surface area contributed by atoms with Gasteiger partial charge in [0.05, 0.1) is 12.0 Å². The molecule has 0 aromatic heterocycles. The smallest absolute Gasteiger partial charge is 0.310 e. The summed E-state index contributed by atoms with van der Waals surface area (Å²) in [5.41, 5.74) is 2.55. The standard InChI is InChI=1S/C30H46O3/c1-26(2)10-7-18-19(25(32)33)14-23-29(6)11-8-21-27(3,4)24(31)9-12-28(21,5)22(29)13-17-15-30(17,23)20(18)16-26/h14,17-22,24,31H,7-13,15-16H2,1-6H3,(H,32,33)/t17-,18+,19+,20-,21+,22-,24+,28+,29-,30+/m1/s1. The molecule has 6 rings (SSSR count). The van der Waals surface area contributed by atoms with E-state index < -0.39 is 5.97 Å². The second-order valence-corrected chi connectivity index (χ2v) is 15.2. The predicted octanol–water partition coefficient (Wildman–Crippen LogP) is 6.70. The van der Waals surface area contributed by atoms with E-state index in [1.807, 2.05) is 0 Å². The molecule has 0 radical (unpaired) electrons. The molecule has 3 nitrogen and oxygen atoms in total. The summed E-state index contributed by atoms with van der Waals surface area (Å²) in [4.78, 5) is 12.6. The van der Waals surface area contributed by atoms with E-state index in [4.69, 9.17) is 0 Å². The molecule has 1 spiro atoms. The van der Waals surface area contributed by atoms with Crippen LogP contribution < -0.4 is 0 Å². The Morgan fingerprint density at radius 2 is 1.67 bits per heavy atom. The average molecular weight is 455 g/mol. The second kappa shape index (κ2) is 6.48. The monoisotopic (exact) mass is 454 g/mol. The van der Waals surface area contributed by atoms with E-state index in [-0.39, 0.29) is 28.3 Å². The van der Waals surface area contributed by atoms with E-state index in [2.05, 4.69) is 47.6 Å². The highest BCUT2D eigenvalue weighted by Crippen LogP contribution is 2.82. The van der Waals surface area contributed by atoms with Crippen molar-refractivity contribution in [1.82, 2.24) is 0 Å². The molecule has 10 atom stereocenters. The van der Waals surface area contributed by atoms with Gasteiger partial charge < -0.3 is 10.2 Å². The van der Waals surface area contributed by atoms with Crippen LogP contribution in [0.25, 0.3) is 0 Å². The molecule has 2 N–H and O–H groups in total. The van der Waals surface area contributed by atoms with E-state index >= 15 is 0 Å². The highest BCUT2D eigenvalue weighted by molar-refractivity contribution is 5.74. The molecule has 6 aliphatic carbocycles. The molecule has 0 aromatic rings. The molecule has 33 heavy (non-hydrogen) atoms. The predicted molar refractivity (Wildman–Crippen MR) is 130 cm³/mol. The number of aliphatic hydroxyl groups is 1. The van der Waals surface area contributed by atoms with Gasteiger partial charge in [-0.3, -0.25) is 4.79 Å². The Kier molecular flexibility index (Phi) is 4.44. The van der Waals surface area contributed by atoms with Gasteiger partial charge in [0.2, 0.25) is 0 Å². The fourth-order valence-corrected chi connectivity index (χ4v) is 11.3. The first-order valence-corrected chi connectivity index (χ1v) is 13.9. The lowest BCUT2D eigenvalue weighted by molar-refractivity contribution is -0.176. The van der Waals surface area contributed by atoms with E-state index in [0.29, 0.717) is 34.5 Å². The fraction of sp³-hybridized carbons (Fsp3) is 0.900. The second-order valence-electron chi connectivity index (χ2n) is 15.2. The van der Waals surface area contributed by atoms with Crippen LogP contribution in [0, 0.1) is 62.6 Å². The highest BCUT2D eigenvalue weighted by Gasteiger charge is 2.75. The summed E-state index contributed by atoms with van der Waals surface area (Å²) >= 11 is 0. The lowest BCUT2D eigenvalue weighted by Crippen LogP contribution is -2.61. The molecular weight excluding hydrogens is 408 g/mol. The first-order chi connectivity index (χ1) is 15.3. The van der Waals surface area contributed by atoms with Crippen LogP contribution >= 0.6 is 0 Å². The molecule has 0 unspecified atom stereocenters. The molecule has 6 aliphatic rings. The zero-order valence-electron chi connectivity index (χ0n) is 21.8. The van der Waals surface area contributed by atoms with Gasteiger partial charge in [0.25, 0.3) is 0 Å². The van der Waals surface area contributed by atoms with Crippen molar-refractivity contribution in [2.24, 2.45) is 62.6 Å². The number of hydrogen-bond donors (Lipinski definition) is 2. The van der Waals surface area contributed by atoms with Crippen LogP contribution in [0.2, 0.25) is 0 Å². The van der Waals surface area contributed by atoms with Gasteiger partial charge in [0.15, 0.2) is 0 Å².